The van der Waals surface area contributed by atoms with Gasteiger partial charge in [0, 0.05) is 22.9 Å². The van der Waals surface area contributed by atoms with E-state index in [1.54, 1.807) is 0 Å². The molecule has 2 heterocycles. The number of fused-ring (bicyclic) bond motifs is 1. The van der Waals surface area contributed by atoms with Crippen LogP contribution in [0, 0.1) is 20.8 Å². The molecule has 6 nitrogen and oxygen atoms in total. The summed E-state index contributed by atoms with van der Waals surface area (Å²) in [6, 6.07) is 4.19. The molecule has 1 aromatic carbocycles. The molecular formula is C16H19N3O3S. The third-order valence-corrected chi connectivity index (χ3v) is 4.70. The number of aryl methyl sites for hydroxylation is 3. The Hall–Kier alpha value is -2.15. The molecule has 0 aliphatic heterocycles. The van der Waals surface area contributed by atoms with Gasteiger partial charge in [-0.05, 0) is 37.5 Å². The van der Waals surface area contributed by atoms with Gasteiger partial charge in [-0.15, -0.1) is 0 Å². The summed E-state index contributed by atoms with van der Waals surface area (Å²) in [4.78, 5) is 7.62. The summed E-state index contributed by atoms with van der Waals surface area (Å²) in [6.45, 7) is 6.15. The topological polar surface area (TPSA) is 88.9 Å². The predicted molar refractivity (Wildman–Crippen MR) is 88.2 cm³/mol. The molecule has 0 unspecified atom stereocenters. The molecule has 23 heavy (non-hydrogen) atoms. The summed E-state index contributed by atoms with van der Waals surface area (Å²) in [5.41, 5.74) is 5.65. The Morgan fingerprint density at radius 2 is 1.87 bits per heavy atom. The Labute approximate surface area is 134 Å². The van der Waals surface area contributed by atoms with Crippen molar-refractivity contribution in [3.63, 3.8) is 0 Å². The Morgan fingerprint density at radius 3 is 2.57 bits per heavy atom. The number of sulfone groups is 1. The lowest BCUT2D eigenvalue weighted by Gasteiger charge is -2.02. The van der Waals surface area contributed by atoms with Crippen molar-refractivity contribution in [1.82, 2.24) is 15.1 Å². The molecule has 0 radical (unpaired) electrons. The molecule has 0 bridgehead atoms. The first-order chi connectivity index (χ1) is 10.7. The fourth-order valence-electron chi connectivity index (χ4n) is 2.84. The molecule has 0 fully saturated rings. The van der Waals surface area contributed by atoms with Gasteiger partial charge in [0.05, 0.1) is 6.42 Å². The summed E-state index contributed by atoms with van der Waals surface area (Å²) in [5, 5.41) is 4.93. The number of hydrogen-bond acceptors (Lipinski definition) is 5. The third kappa shape index (κ3) is 3.14. The van der Waals surface area contributed by atoms with Crippen LogP contribution < -0.4 is 0 Å². The zero-order valence-corrected chi connectivity index (χ0v) is 14.4. The van der Waals surface area contributed by atoms with Crippen LogP contribution in [-0.4, -0.2) is 29.8 Å². The number of aromatic nitrogens is 3. The van der Waals surface area contributed by atoms with Crippen LogP contribution in [0.25, 0.3) is 10.9 Å². The predicted octanol–water partition coefficient (Wildman–Crippen LogP) is 2.61. The van der Waals surface area contributed by atoms with Gasteiger partial charge < -0.3 is 9.51 Å². The van der Waals surface area contributed by atoms with Crippen molar-refractivity contribution in [2.24, 2.45) is 0 Å². The van der Waals surface area contributed by atoms with Crippen LogP contribution in [0.2, 0.25) is 0 Å². The second-order valence-electron chi connectivity index (χ2n) is 6.03. The van der Waals surface area contributed by atoms with Gasteiger partial charge in [0.2, 0.25) is 5.89 Å². The van der Waals surface area contributed by atoms with Crippen molar-refractivity contribution < 1.29 is 12.9 Å². The Balaban J connectivity index is 1.99. The summed E-state index contributed by atoms with van der Waals surface area (Å²) in [6.07, 6.45) is 1.63. The largest absolute Gasteiger partial charge is 0.358 e. The van der Waals surface area contributed by atoms with E-state index in [1.165, 1.54) is 16.5 Å². The van der Waals surface area contributed by atoms with E-state index in [0.717, 1.165) is 23.0 Å². The molecular weight excluding hydrogens is 314 g/mol. The van der Waals surface area contributed by atoms with Crippen LogP contribution in [0.15, 0.2) is 16.7 Å². The zero-order chi connectivity index (χ0) is 16.8. The molecule has 0 saturated carbocycles. The Kier molecular flexibility index (Phi) is 3.75. The summed E-state index contributed by atoms with van der Waals surface area (Å²) < 4.78 is 27.8. The quantitative estimate of drug-likeness (QED) is 0.793. The number of nitrogens with one attached hydrogen (secondary N) is 1. The average molecular weight is 333 g/mol. The standard InChI is InChI=1S/C16H19N3O3S/c1-9-5-6-10(2)16-15(9)12(11(3)17-16)7-14-18-13(19-22-14)8-23(4,20)21/h5-6,17H,7-8H2,1-4H3. The van der Waals surface area contributed by atoms with Crippen LogP contribution in [-0.2, 0) is 22.0 Å². The number of benzene rings is 1. The number of H-pyrrole nitrogens is 1. The van der Waals surface area contributed by atoms with Gasteiger partial charge in [-0.3, -0.25) is 0 Å². The molecule has 1 N–H and O–H groups in total. The zero-order valence-electron chi connectivity index (χ0n) is 13.6. The van der Waals surface area contributed by atoms with Crippen LogP contribution in [0.5, 0.6) is 0 Å². The van der Waals surface area contributed by atoms with E-state index in [2.05, 4.69) is 41.1 Å². The fourth-order valence-corrected chi connectivity index (χ4v) is 3.42. The van der Waals surface area contributed by atoms with E-state index in [0.29, 0.717) is 12.3 Å². The SMILES string of the molecule is Cc1[nH]c2c(C)ccc(C)c2c1Cc1nc(CS(C)(=O)=O)no1. The highest BCUT2D eigenvalue weighted by atomic mass is 32.2. The smallest absolute Gasteiger partial charge is 0.231 e. The Morgan fingerprint density at radius 1 is 1.17 bits per heavy atom. The molecule has 0 aliphatic carbocycles. The van der Waals surface area contributed by atoms with Gasteiger partial charge in [-0.25, -0.2) is 8.42 Å². The minimum absolute atomic E-state index is 0.202. The highest BCUT2D eigenvalue weighted by Crippen LogP contribution is 2.29. The maximum atomic E-state index is 11.3. The Bertz CT molecular complexity index is 984. The molecule has 0 amide bonds. The van der Waals surface area contributed by atoms with Gasteiger partial charge in [0.1, 0.15) is 5.75 Å². The first kappa shape index (κ1) is 15.7. The van der Waals surface area contributed by atoms with Gasteiger partial charge in [0.15, 0.2) is 15.7 Å². The molecule has 0 saturated heterocycles. The van der Waals surface area contributed by atoms with E-state index in [9.17, 15) is 8.42 Å². The van der Waals surface area contributed by atoms with Crippen LogP contribution in [0.3, 0.4) is 0 Å². The van der Waals surface area contributed by atoms with E-state index in [-0.39, 0.29) is 11.6 Å². The van der Waals surface area contributed by atoms with Crippen molar-refractivity contribution in [3.05, 3.63) is 46.2 Å². The molecule has 0 spiro atoms. The lowest BCUT2D eigenvalue weighted by atomic mass is 10.0. The molecule has 3 rings (SSSR count). The van der Waals surface area contributed by atoms with Gasteiger partial charge in [0.25, 0.3) is 0 Å². The molecule has 2 aromatic heterocycles. The molecule has 7 heteroatoms. The molecule has 3 aromatic rings. The third-order valence-electron chi connectivity index (χ3n) is 3.92. The first-order valence-electron chi connectivity index (χ1n) is 7.31. The van der Waals surface area contributed by atoms with Gasteiger partial charge in [-0.1, -0.05) is 17.3 Å². The minimum Gasteiger partial charge on any atom is -0.358 e. The summed E-state index contributed by atoms with van der Waals surface area (Å²) in [7, 11) is -3.17. The highest BCUT2D eigenvalue weighted by Gasteiger charge is 2.17. The van der Waals surface area contributed by atoms with E-state index >= 15 is 0 Å². The van der Waals surface area contributed by atoms with Crippen molar-refractivity contribution in [2.75, 3.05) is 6.26 Å². The molecule has 0 atom stereocenters. The van der Waals surface area contributed by atoms with Gasteiger partial charge >= 0.3 is 0 Å². The highest BCUT2D eigenvalue weighted by molar-refractivity contribution is 7.89. The second-order valence-corrected chi connectivity index (χ2v) is 8.17. The normalized spacial score (nSPS) is 12.2. The van der Waals surface area contributed by atoms with E-state index in [4.69, 9.17) is 4.52 Å². The number of hydrogen-bond donors (Lipinski definition) is 1. The van der Waals surface area contributed by atoms with E-state index < -0.39 is 9.84 Å². The average Bonchev–Trinajstić information content (AvgIpc) is 2.99. The monoisotopic (exact) mass is 333 g/mol. The number of aromatic amines is 1. The minimum atomic E-state index is -3.17. The second kappa shape index (κ2) is 5.49. The van der Waals surface area contributed by atoms with Crippen LogP contribution in [0.1, 0.15) is 34.1 Å². The van der Waals surface area contributed by atoms with Crippen molar-refractivity contribution >= 4 is 20.7 Å². The number of nitrogens with zero attached hydrogens (tertiary/aromatic N) is 2. The molecule has 122 valence electrons. The van der Waals surface area contributed by atoms with Crippen molar-refractivity contribution in [2.45, 2.75) is 32.9 Å². The van der Waals surface area contributed by atoms with Crippen LogP contribution >= 0.6 is 0 Å². The fraction of sp³-hybridized carbons (Fsp3) is 0.375. The lowest BCUT2D eigenvalue weighted by molar-refractivity contribution is 0.380. The van der Waals surface area contributed by atoms with Gasteiger partial charge in [-0.2, -0.15) is 4.98 Å². The van der Waals surface area contributed by atoms with Crippen molar-refractivity contribution in [3.8, 4) is 0 Å². The summed E-state index contributed by atoms with van der Waals surface area (Å²) in [5.74, 6) is 0.420. The van der Waals surface area contributed by atoms with Crippen LogP contribution in [0.4, 0.5) is 0 Å². The van der Waals surface area contributed by atoms with E-state index in [1.807, 2.05) is 6.92 Å². The summed E-state index contributed by atoms with van der Waals surface area (Å²) >= 11 is 0. The maximum absolute atomic E-state index is 11.3. The molecule has 0 aliphatic rings. The maximum Gasteiger partial charge on any atom is 0.231 e. The first-order valence-corrected chi connectivity index (χ1v) is 9.37. The van der Waals surface area contributed by atoms with Crippen molar-refractivity contribution in [1.29, 1.82) is 0 Å². The number of rotatable bonds is 4. The lowest BCUT2D eigenvalue weighted by Crippen LogP contribution is -2.02.